The molecular formula is C12H29NSi. The van der Waals surface area contributed by atoms with E-state index in [-0.39, 0.29) is 0 Å². The first kappa shape index (κ1) is 14.2. The lowest BCUT2D eigenvalue weighted by molar-refractivity contribution is 0.700. The highest BCUT2D eigenvalue weighted by atomic mass is 28.3. The van der Waals surface area contributed by atoms with Crippen molar-refractivity contribution >= 4 is 8.24 Å². The van der Waals surface area contributed by atoms with Crippen molar-refractivity contribution in [3.8, 4) is 0 Å². The van der Waals surface area contributed by atoms with Crippen molar-refractivity contribution in [1.29, 1.82) is 0 Å². The number of nitrogens with one attached hydrogen (secondary N) is 1. The van der Waals surface area contributed by atoms with Crippen LogP contribution in [0.15, 0.2) is 0 Å². The topological polar surface area (TPSA) is 12.0 Å². The van der Waals surface area contributed by atoms with Gasteiger partial charge in [0.25, 0.3) is 0 Å². The molecule has 0 saturated carbocycles. The zero-order chi connectivity index (χ0) is 11.2. The molecule has 0 aliphatic carbocycles. The molecule has 0 heterocycles. The van der Waals surface area contributed by atoms with Crippen LogP contribution in [0.5, 0.6) is 0 Å². The lowest BCUT2D eigenvalue weighted by Crippen LogP contribution is -2.56. The standard InChI is InChI=1S/C12H29NSi/c1-7-11(5)14(10-4,13-9-3)12(6)8-2/h11-13H,7-10H2,1-6H3. The summed E-state index contributed by atoms with van der Waals surface area (Å²) < 4.78 is 0. The summed E-state index contributed by atoms with van der Waals surface area (Å²) in [5, 5.41) is 0. The zero-order valence-electron chi connectivity index (χ0n) is 11.0. The second-order valence-corrected chi connectivity index (χ2v) is 9.66. The van der Waals surface area contributed by atoms with E-state index in [1.807, 2.05) is 0 Å². The van der Waals surface area contributed by atoms with E-state index < -0.39 is 8.24 Å². The Morgan fingerprint density at radius 1 is 0.929 bits per heavy atom. The third-order valence-corrected chi connectivity index (χ3v) is 10.6. The molecule has 0 fully saturated rings. The van der Waals surface area contributed by atoms with Crippen LogP contribution in [0.4, 0.5) is 0 Å². The number of hydrogen-bond donors (Lipinski definition) is 1. The minimum Gasteiger partial charge on any atom is -0.337 e. The molecule has 0 aromatic rings. The molecule has 14 heavy (non-hydrogen) atoms. The van der Waals surface area contributed by atoms with Crippen LogP contribution in [0.2, 0.25) is 17.1 Å². The maximum atomic E-state index is 3.89. The van der Waals surface area contributed by atoms with E-state index in [2.05, 4.69) is 46.5 Å². The van der Waals surface area contributed by atoms with Gasteiger partial charge in [-0.25, -0.2) is 0 Å². The molecule has 0 spiro atoms. The van der Waals surface area contributed by atoms with Crippen LogP contribution in [0.25, 0.3) is 0 Å². The molecule has 0 aliphatic rings. The lowest BCUT2D eigenvalue weighted by Gasteiger charge is -2.41. The minimum atomic E-state index is -1.23. The Bertz CT molecular complexity index is 137. The van der Waals surface area contributed by atoms with Crippen LogP contribution >= 0.6 is 0 Å². The van der Waals surface area contributed by atoms with Gasteiger partial charge in [0, 0.05) is 0 Å². The summed E-state index contributed by atoms with van der Waals surface area (Å²) in [6.07, 6.45) is 2.66. The predicted molar refractivity (Wildman–Crippen MR) is 69.3 cm³/mol. The molecule has 0 rings (SSSR count). The maximum absolute atomic E-state index is 3.89. The predicted octanol–water partition coefficient (Wildman–Crippen LogP) is 4.16. The van der Waals surface area contributed by atoms with Gasteiger partial charge in [0.05, 0.1) is 0 Å². The number of hydrogen-bond acceptors (Lipinski definition) is 1. The van der Waals surface area contributed by atoms with Gasteiger partial charge in [-0.05, 0) is 23.7 Å². The average Bonchev–Trinajstić information content (AvgIpc) is 2.23. The first-order valence-electron chi connectivity index (χ1n) is 6.33. The Morgan fingerprint density at radius 2 is 1.36 bits per heavy atom. The van der Waals surface area contributed by atoms with Crippen LogP contribution in [-0.2, 0) is 0 Å². The summed E-state index contributed by atoms with van der Waals surface area (Å²) in [5.41, 5.74) is 1.81. The zero-order valence-corrected chi connectivity index (χ0v) is 12.0. The highest BCUT2D eigenvalue weighted by Gasteiger charge is 2.39. The summed E-state index contributed by atoms with van der Waals surface area (Å²) in [6, 6.07) is 1.38. The van der Waals surface area contributed by atoms with Gasteiger partial charge in [0.15, 0.2) is 0 Å². The number of rotatable bonds is 7. The van der Waals surface area contributed by atoms with Gasteiger partial charge in [0.2, 0.25) is 0 Å². The Morgan fingerprint density at radius 3 is 1.57 bits per heavy atom. The third kappa shape index (κ3) is 2.83. The minimum absolute atomic E-state index is 0.905. The largest absolute Gasteiger partial charge is 0.337 e. The Labute approximate surface area is 91.8 Å². The first-order chi connectivity index (χ1) is 6.58. The summed E-state index contributed by atoms with van der Waals surface area (Å²) in [4.78, 5) is 3.89. The highest BCUT2D eigenvalue weighted by Crippen LogP contribution is 2.37. The van der Waals surface area contributed by atoms with Crippen molar-refractivity contribution in [3.05, 3.63) is 0 Å². The van der Waals surface area contributed by atoms with E-state index in [0.29, 0.717) is 0 Å². The summed E-state index contributed by atoms with van der Waals surface area (Å²) in [6.45, 7) is 15.3. The van der Waals surface area contributed by atoms with Gasteiger partial charge < -0.3 is 4.98 Å². The van der Waals surface area contributed by atoms with Crippen molar-refractivity contribution in [2.24, 2.45) is 0 Å². The van der Waals surface area contributed by atoms with Gasteiger partial charge in [-0.1, -0.05) is 54.4 Å². The van der Waals surface area contributed by atoms with Crippen molar-refractivity contribution < 1.29 is 0 Å². The second-order valence-electron chi connectivity index (χ2n) is 4.54. The van der Waals surface area contributed by atoms with E-state index in [0.717, 1.165) is 17.6 Å². The van der Waals surface area contributed by atoms with Crippen molar-refractivity contribution in [2.75, 3.05) is 6.54 Å². The molecule has 1 N–H and O–H groups in total. The molecule has 86 valence electrons. The van der Waals surface area contributed by atoms with Gasteiger partial charge in [0.1, 0.15) is 8.24 Å². The van der Waals surface area contributed by atoms with E-state index in [1.165, 1.54) is 18.9 Å². The molecule has 0 bridgehead atoms. The van der Waals surface area contributed by atoms with Crippen molar-refractivity contribution in [1.82, 2.24) is 4.98 Å². The summed E-state index contributed by atoms with van der Waals surface area (Å²) in [7, 11) is -1.23. The van der Waals surface area contributed by atoms with E-state index in [1.54, 1.807) is 0 Å². The molecule has 0 amide bonds. The molecule has 0 aromatic heterocycles. The highest BCUT2D eigenvalue weighted by molar-refractivity contribution is 6.80. The maximum Gasteiger partial charge on any atom is 0.131 e. The van der Waals surface area contributed by atoms with Crippen LogP contribution in [0.1, 0.15) is 54.4 Å². The van der Waals surface area contributed by atoms with Crippen LogP contribution in [0, 0.1) is 0 Å². The first-order valence-corrected chi connectivity index (χ1v) is 8.70. The van der Waals surface area contributed by atoms with Gasteiger partial charge in [-0.2, -0.15) is 0 Å². The van der Waals surface area contributed by atoms with Gasteiger partial charge in [-0.3, -0.25) is 0 Å². The molecule has 0 radical (unpaired) electrons. The Hall–Kier alpha value is 0.177. The molecule has 2 unspecified atom stereocenters. The Kier molecular flexibility index (Phi) is 6.71. The normalized spacial score (nSPS) is 20.1. The average molecular weight is 215 g/mol. The van der Waals surface area contributed by atoms with Crippen LogP contribution in [-0.4, -0.2) is 14.8 Å². The fourth-order valence-corrected chi connectivity index (χ4v) is 8.14. The van der Waals surface area contributed by atoms with E-state index in [9.17, 15) is 0 Å². The second kappa shape index (κ2) is 6.62. The molecule has 0 saturated heterocycles. The summed E-state index contributed by atoms with van der Waals surface area (Å²) >= 11 is 0. The van der Waals surface area contributed by atoms with E-state index >= 15 is 0 Å². The Balaban J connectivity index is 4.76. The molecule has 0 aromatic carbocycles. The van der Waals surface area contributed by atoms with Crippen molar-refractivity contribution in [2.45, 2.75) is 71.5 Å². The van der Waals surface area contributed by atoms with Crippen molar-refractivity contribution in [3.63, 3.8) is 0 Å². The molecule has 2 heteroatoms. The lowest BCUT2D eigenvalue weighted by atomic mass is 10.3. The molecular weight excluding hydrogens is 186 g/mol. The smallest absolute Gasteiger partial charge is 0.131 e. The van der Waals surface area contributed by atoms with E-state index in [4.69, 9.17) is 0 Å². The van der Waals surface area contributed by atoms with Gasteiger partial charge in [-0.15, -0.1) is 0 Å². The van der Waals surface area contributed by atoms with Crippen LogP contribution < -0.4 is 4.98 Å². The quantitative estimate of drug-likeness (QED) is 0.629. The third-order valence-electron chi connectivity index (χ3n) is 4.07. The SMILES string of the molecule is CCN[Si](CC)(C(C)CC)C(C)CC. The molecule has 0 aliphatic heterocycles. The van der Waals surface area contributed by atoms with Crippen LogP contribution in [0.3, 0.4) is 0 Å². The monoisotopic (exact) mass is 215 g/mol. The molecule has 2 atom stereocenters. The fraction of sp³-hybridized carbons (Fsp3) is 1.00. The van der Waals surface area contributed by atoms with Gasteiger partial charge >= 0.3 is 0 Å². The molecule has 1 nitrogen and oxygen atoms in total. The fourth-order valence-electron chi connectivity index (χ4n) is 2.71. The summed E-state index contributed by atoms with van der Waals surface area (Å²) in [5.74, 6) is 0.